The Bertz CT molecular complexity index is 505. The first-order valence-corrected chi connectivity index (χ1v) is 8.39. The molecule has 1 unspecified atom stereocenters. The highest BCUT2D eigenvalue weighted by atomic mass is 79.9. The third-order valence-electron chi connectivity index (χ3n) is 3.97. The molecule has 0 bridgehead atoms. The van der Waals surface area contributed by atoms with Crippen molar-refractivity contribution in [1.82, 2.24) is 10.2 Å². The van der Waals surface area contributed by atoms with Gasteiger partial charge in [0.1, 0.15) is 0 Å². The number of ether oxygens (including phenoxy) is 1. The Balaban J connectivity index is 1.49. The number of morpholine rings is 1. The van der Waals surface area contributed by atoms with Gasteiger partial charge >= 0.3 is 0 Å². The molecule has 1 heterocycles. The molecule has 1 aliphatic heterocycles. The quantitative estimate of drug-likeness (QED) is 0.884. The summed E-state index contributed by atoms with van der Waals surface area (Å²) >= 11 is 3.50. The van der Waals surface area contributed by atoms with Gasteiger partial charge in [-0.3, -0.25) is 9.69 Å². The van der Waals surface area contributed by atoms with E-state index in [4.69, 9.17) is 4.74 Å². The van der Waals surface area contributed by atoms with Gasteiger partial charge in [0.05, 0.1) is 12.7 Å². The summed E-state index contributed by atoms with van der Waals surface area (Å²) in [5, 5.41) is 3.04. The van der Waals surface area contributed by atoms with Crippen molar-refractivity contribution in [3.05, 3.63) is 34.3 Å². The van der Waals surface area contributed by atoms with Crippen LogP contribution in [0.25, 0.3) is 0 Å². The monoisotopic (exact) mass is 352 g/mol. The summed E-state index contributed by atoms with van der Waals surface area (Å²) in [5.74, 6) is 0.183. The minimum Gasteiger partial charge on any atom is -0.371 e. The lowest BCUT2D eigenvalue weighted by atomic mass is 10.1. The Hall–Kier alpha value is -0.910. The minimum atomic E-state index is 0.0998. The van der Waals surface area contributed by atoms with Gasteiger partial charge in [-0.05, 0) is 30.5 Å². The van der Waals surface area contributed by atoms with Crippen LogP contribution >= 0.6 is 15.9 Å². The fraction of sp³-hybridized carbons (Fsp3) is 0.562. The smallest absolute Gasteiger partial charge is 0.221 e. The summed E-state index contributed by atoms with van der Waals surface area (Å²) in [6.45, 7) is 3.29. The zero-order valence-electron chi connectivity index (χ0n) is 12.1. The van der Waals surface area contributed by atoms with Crippen molar-refractivity contribution < 1.29 is 9.53 Å². The molecule has 3 rings (SSSR count). The van der Waals surface area contributed by atoms with Crippen LogP contribution in [-0.4, -0.2) is 43.1 Å². The Morgan fingerprint density at radius 2 is 2.29 bits per heavy atom. The topological polar surface area (TPSA) is 41.6 Å². The van der Waals surface area contributed by atoms with Crippen LogP contribution in [0.5, 0.6) is 0 Å². The average Bonchev–Trinajstić information content (AvgIpc) is 3.29. The third kappa shape index (κ3) is 4.53. The maximum Gasteiger partial charge on any atom is 0.221 e. The van der Waals surface area contributed by atoms with Crippen LogP contribution in [0.1, 0.15) is 30.9 Å². The van der Waals surface area contributed by atoms with E-state index < -0.39 is 0 Å². The van der Waals surface area contributed by atoms with Gasteiger partial charge in [0.2, 0.25) is 5.91 Å². The van der Waals surface area contributed by atoms with Crippen LogP contribution in [0.4, 0.5) is 0 Å². The van der Waals surface area contributed by atoms with Gasteiger partial charge in [0.15, 0.2) is 0 Å². The number of benzene rings is 1. The lowest BCUT2D eigenvalue weighted by Crippen LogP contribution is -2.40. The van der Waals surface area contributed by atoms with Crippen LogP contribution in [0, 0.1) is 0 Å². The molecule has 114 valence electrons. The second-order valence-corrected chi connectivity index (χ2v) is 6.72. The highest BCUT2D eigenvalue weighted by molar-refractivity contribution is 9.10. The molecule has 2 fully saturated rings. The molecular formula is C16H21BrN2O2. The number of carbonyl (C=O) groups is 1. The molecule has 1 atom stereocenters. The molecule has 1 amide bonds. The van der Waals surface area contributed by atoms with Crippen molar-refractivity contribution in [3.63, 3.8) is 0 Å². The summed E-state index contributed by atoms with van der Waals surface area (Å²) < 4.78 is 6.94. The molecule has 1 aromatic carbocycles. The normalized spacial score (nSPS) is 23.0. The molecule has 0 radical (unpaired) electrons. The molecule has 1 saturated heterocycles. The zero-order valence-corrected chi connectivity index (χ0v) is 13.6. The van der Waals surface area contributed by atoms with Crippen LogP contribution < -0.4 is 5.32 Å². The summed E-state index contributed by atoms with van der Waals surface area (Å²) in [6, 6.07) is 8.71. The van der Waals surface area contributed by atoms with E-state index in [1.54, 1.807) is 0 Å². The van der Waals surface area contributed by atoms with E-state index >= 15 is 0 Å². The first kappa shape index (κ1) is 15.0. The standard InChI is InChI=1S/C16H21BrN2O2/c17-13-3-1-2-12(10-13)15-11-19(8-9-21-15)7-6-16(20)18-14-4-5-14/h1-3,10,14-15H,4-9,11H2,(H,18,20). The molecule has 2 aliphatic rings. The Morgan fingerprint density at radius 1 is 1.43 bits per heavy atom. The summed E-state index contributed by atoms with van der Waals surface area (Å²) in [4.78, 5) is 14.1. The second-order valence-electron chi connectivity index (χ2n) is 5.81. The average molecular weight is 353 g/mol. The van der Waals surface area contributed by atoms with Gasteiger partial charge in [-0.1, -0.05) is 28.1 Å². The lowest BCUT2D eigenvalue weighted by Gasteiger charge is -2.33. The number of carbonyl (C=O) groups excluding carboxylic acids is 1. The SMILES string of the molecule is O=C(CCN1CCOC(c2cccc(Br)c2)C1)NC1CC1. The number of amides is 1. The molecule has 1 N–H and O–H groups in total. The number of hydrogen-bond acceptors (Lipinski definition) is 3. The number of rotatable bonds is 5. The fourth-order valence-electron chi connectivity index (χ4n) is 2.60. The van der Waals surface area contributed by atoms with E-state index in [0.717, 1.165) is 43.6 Å². The van der Waals surface area contributed by atoms with E-state index in [2.05, 4.69) is 38.3 Å². The predicted octanol–water partition coefficient (Wildman–Crippen LogP) is 2.49. The molecule has 0 spiro atoms. The van der Waals surface area contributed by atoms with Crippen LogP contribution in [0.3, 0.4) is 0 Å². The number of halogens is 1. The first-order chi connectivity index (χ1) is 10.2. The van der Waals surface area contributed by atoms with Crippen molar-refractivity contribution >= 4 is 21.8 Å². The molecule has 1 saturated carbocycles. The van der Waals surface area contributed by atoms with Crippen molar-refractivity contribution in [3.8, 4) is 0 Å². The molecule has 1 aromatic rings. The van der Waals surface area contributed by atoms with Crippen LogP contribution in [0.15, 0.2) is 28.7 Å². The molecule has 1 aliphatic carbocycles. The lowest BCUT2D eigenvalue weighted by molar-refractivity contribution is -0.122. The van der Waals surface area contributed by atoms with Gasteiger partial charge in [-0.2, -0.15) is 0 Å². The van der Waals surface area contributed by atoms with Gasteiger partial charge in [-0.15, -0.1) is 0 Å². The predicted molar refractivity (Wildman–Crippen MR) is 85.1 cm³/mol. The molecule has 4 nitrogen and oxygen atoms in total. The maximum atomic E-state index is 11.8. The summed E-state index contributed by atoms with van der Waals surface area (Å²) in [5.41, 5.74) is 1.19. The molecule has 0 aromatic heterocycles. The minimum absolute atomic E-state index is 0.0998. The summed E-state index contributed by atoms with van der Waals surface area (Å²) in [7, 11) is 0. The summed E-state index contributed by atoms with van der Waals surface area (Å²) in [6.07, 6.45) is 2.98. The largest absolute Gasteiger partial charge is 0.371 e. The Labute approximate surface area is 134 Å². The van der Waals surface area contributed by atoms with Gasteiger partial charge in [0, 0.05) is 36.6 Å². The Kier molecular flexibility index (Phi) is 4.93. The first-order valence-electron chi connectivity index (χ1n) is 7.59. The molecule has 21 heavy (non-hydrogen) atoms. The van der Waals surface area contributed by atoms with Gasteiger partial charge < -0.3 is 10.1 Å². The third-order valence-corrected chi connectivity index (χ3v) is 4.46. The van der Waals surface area contributed by atoms with E-state index in [1.807, 2.05) is 12.1 Å². The second kappa shape index (κ2) is 6.90. The van der Waals surface area contributed by atoms with Gasteiger partial charge in [0.25, 0.3) is 0 Å². The van der Waals surface area contributed by atoms with Gasteiger partial charge in [-0.25, -0.2) is 0 Å². The van der Waals surface area contributed by atoms with E-state index in [1.165, 1.54) is 5.56 Å². The van der Waals surface area contributed by atoms with Crippen molar-refractivity contribution in [2.24, 2.45) is 0 Å². The fourth-order valence-corrected chi connectivity index (χ4v) is 3.02. The highest BCUT2D eigenvalue weighted by Gasteiger charge is 2.25. The molecular weight excluding hydrogens is 332 g/mol. The van der Waals surface area contributed by atoms with E-state index in [9.17, 15) is 4.79 Å². The van der Waals surface area contributed by atoms with Crippen molar-refractivity contribution in [2.45, 2.75) is 31.4 Å². The number of hydrogen-bond donors (Lipinski definition) is 1. The van der Waals surface area contributed by atoms with Crippen LogP contribution in [0.2, 0.25) is 0 Å². The highest BCUT2D eigenvalue weighted by Crippen LogP contribution is 2.25. The Morgan fingerprint density at radius 3 is 3.05 bits per heavy atom. The molecule has 5 heteroatoms. The maximum absolute atomic E-state index is 11.8. The van der Waals surface area contributed by atoms with Crippen molar-refractivity contribution in [2.75, 3.05) is 26.2 Å². The van der Waals surface area contributed by atoms with E-state index in [-0.39, 0.29) is 12.0 Å². The van der Waals surface area contributed by atoms with Crippen LogP contribution in [-0.2, 0) is 9.53 Å². The zero-order chi connectivity index (χ0) is 14.7. The number of nitrogens with one attached hydrogen (secondary N) is 1. The van der Waals surface area contributed by atoms with Crippen molar-refractivity contribution in [1.29, 1.82) is 0 Å². The number of nitrogens with zero attached hydrogens (tertiary/aromatic N) is 1. The van der Waals surface area contributed by atoms with E-state index in [0.29, 0.717) is 12.5 Å².